The Morgan fingerprint density at radius 3 is 2.57 bits per heavy atom. The van der Waals surface area contributed by atoms with Crippen LogP contribution in [0.3, 0.4) is 0 Å². The van der Waals surface area contributed by atoms with Gasteiger partial charge < -0.3 is 10.4 Å². The normalized spacial score (nSPS) is 29.5. The number of allylic oxidation sites excluding steroid dienone is 2. The molecule has 0 heterocycles. The Morgan fingerprint density at radius 2 is 1.96 bits per heavy atom. The highest BCUT2D eigenvalue weighted by Gasteiger charge is 2.51. The summed E-state index contributed by atoms with van der Waals surface area (Å²) in [7, 11) is 0. The minimum Gasteiger partial charge on any atom is -0.481 e. The van der Waals surface area contributed by atoms with Crippen molar-refractivity contribution in [3.05, 3.63) is 46.8 Å². The van der Waals surface area contributed by atoms with Crippen molar-refractivity contribution in [2.24, 2.45) is 23.7 Å². The van der Waals surface area contributed by atoms with Crippen LogP contribution in [0.5, 0.6) is 0 Å². The van der Waals surface area contributed by atoms with Crippen LogP contribution >= 0.6 is 11.6 Å². The quantitative estimate of drug-likeness (QED) is 0.829. The molecule has 2 aliphatic carbocycles. The summed E-state index contributed by atoms with van der Waals surface area (Å²) >= 11 is 5.76. The summed E-state index contributed by atoms with van der Waals surface area (Å²) < 4.78 is 13.2. The van der Waals surface area contributed by atoms with E-state index in [0.717, 1.165) is 0 Å². The van der Waals surface area contributed by atoms with Crippen LogP contribution in [-0.4, -0.2) is 17.0 Å². The minimum atomic E-state index is -0.931. The average molecular weight is 338 g/mol. The van der Waals surface area contributed by atoms with E-state index in [0.29, 0.717) is 12.0 Å². The SMILES string of the molecule is CC(NC(=O)C1C2C=CC(C2)C1C(=O)O)c1ccc(F)c(Cl)c1. The topological polar surface area (TPSA) is 66.4 Å². The molecule has 2 aliphatic rings. The highest BCUT2D eigenvalue weighted by Crippen LogP contribution is 2.48. The van der Waals surface area contributed by atoms with Gasteiger partial charge in [0.1, 0.15) is 5.82 Å². The van der Waals surface area contributed by atoms with Gasteiger partial charge in [-0.05, 0) is 42.9 Å². The molecule has 3 rings (SSSR count). The highest BCUT2D eigenvalue weighted by molar-refractivity contribution is 6.30. The van der Waals surface area contributed by atoms with Crippen LogP contribution in [0.4, 0.5) is 4.39 Å². The lowest BCUT2D eigenvalue weighted by molar-refractivity contribution is -0.148. The van der Waals surface area contributed by atoms with Crippen LogP contribution in [0.15, 0.2) is 30.4 Å². The number of hydrogen-bond donors (Lipinski definition) is 2. The van der Waals surface area contributed by atoms with Gasteiger partial charge in [-0.25, -0.2) is 4.39 Å². The predicted octanol–water partition coefficient (Wildman–Crippen LogP) is 3.18. The zero-order valence-corrected chi connectivity index (χ0v) is 13.3. The first-order valence-electron chi connectivity index (χ1n) is 7.55. The zero-order valence-electron chi connectivity index (χ0n) is 12.5. The molecule has 0 spiro atoms. The highest BCUT2D eigenvalue weighted by atomic mass is 35.5. The third-order valence-electron chi connectivity index (χ3n) is 4.85. The molecule has 1 amide bonds. The summed E-state index contributed by atoms with van der Waals surface area (Å²) in [4.78, 5) is 24.0. The molecule has 2 N–H and O–H groups in total. The molecular formula is C17H17ClFNO3. The van der Waals surface area contributed by atoms with Gasteiger partial charge in [0, 0.05) is 0 Å². The molecule has 0 saturated heterocycles. The van der Waals surface area contributed by atoms with E-state index in [9.17, 15) is 19.1 Å². The Bertz CT molecular complexity index is 690. The lowest BCUT2D eigenvalue weighted by atomic mass is 9.82. The molecular weight excluding hydrogens is 321 g/mol. The van der Waals surface area contributed by atoms with Gasteiger partial charge >= 0.3 is 5.97 Å². The van der Waals surface area contributed by atoms with Crippen molar-refractivity contribution in [1.29, 1.82) is 0 Å². The number of aliphatic carboxylic acids is 1. The summed E-state index contributed by atoms with van der Waals surface area (Å²) in [6, 6.07) is 3.90. The maximum Gasteiger partial charge on any atom is 0.307 e. The van der Waals surface area contributed by atoms with Gasteiger partial charge in [-0.3, -0.25) is 9.59 Å². The molecule has 1 aromatic carbocycles. The maximum atomic E-state index is 13.2. The van der Waals surface area contributed by atoms with E-state index in [-0.39, 0.29) is 28.8 Å². The maximum absolute atomic E-state index is 13.2. The van der Waals surface area contributed by atoms with Gasteiger partial charge in [-0.15, -0.1) is 0 Å². The van der Waals surface area contributed by atoms with E-state index < -0.39 is 23.6 Å². The van der Waals surface area contributed by atoms with Crippen LogP contribution in [-0.2, 0) is 9.59 Å². The number of amides is 1. The van der Waals surface area contributed by atoms with Gasteiger partial charge in [0.25, 0.3) is 0 Å². The monoisotopic (exact) mass is 337 g/mol. The fraction of sp³-hybridized carbons (Fsp3) is 0.412. The largest absolute Gasteiger partial charge is 0.481 e. The first-order valence-corrected chi connectivity index (χ1v) is 7.92. The number of hydrogen-bond acceptors (Lipinski definition) is 2. The zero-order chi connectivity index (χ0) is 16.7. The number of nitrogens with one attached hydrogen (secondary N) is 1. The van der Waals surface area contributed by atoms with Crippen LogP contribution in [0.2, 0.25) is 5.02 Å². The van der Waals surface area contributed by atoms with Crippen LogP contribution in [0.25, 0.3) is 0 Å². The molecule has 2 bridgehead atoms. The van der Waals surface area contributed by atoms with Crippen molar-refractivity contribution < 1.29 is 19.1 Å². The fourth-order valence-electron chi connectivity index (χ4n) is 3.69. The lowest BCUT2D eigenvalue weighted by Crippen LogP contribution is -2.41. The molecule has 122 valence electrons. The average Bonchev–Trinajstić information content (AvgIpc) is 3.10. The number of fused-ring (bicyclic) bond motifs is 2. The number of carbonyl (C=O) groups excluding carboxylic acids is 1. The third kappa shape index (κ3) is 2.85. The minimum absolute atomic E-state index is 0.00475. The van der Waals surface area contributed by atoms with Crippen molar-refractivity contribution in [2.45, 2.75) is 19.4 Å². The molecule has 0 radical (unpaired) electrons. The summed E-state index contributed by atoms with van der Waals surface area (Å²) in [5.41, 5.74) is 0.676. The number of benzene rings is 1. The first-order chi connectivity index (χ1) is 10.9. The molecule has 1 saturated carbocycles. The fourth-order valence-corrected chi connectivity index (χ4v) is 3.88. The molecule has 0 aromatic heterocycles. The number of rotatable bonds is 4. The van der Waals surface area contributed by atoms with Crippen LogP contribution in [0, 0.1) is 29.5 Å². The van der Waals surface area contributed by atoms with Gasteiger partial charge in [0.2, 0.25) is 5.91 Å². The van der Waals surface area contributed by atoms with E-state index in [1.165, 1.54) is 12.1 Å². The predicted molar refractivity (Wildman–Crippen MR) is 83.3 cm³/mol. The Hall–Kier alpha value is -1.88. The van der Waals surface area contributed by atoms with Crippen molar-refractivity contribution >= 4 is 23.5 Å². The number of carboxylic acids is 1. The Morgan fingerprint density at radius 1 is 1.30 bits per heavy atom. The van der Waals surface area contributed by atoms with E-state index >= 15 is 0 Å². The number of carbonyl (C=O) groups is 2. The first kappa shape index (κ1) is 16.0. The Labute approximate surface area is 138 Å². The van der Waals surface area contributed by atoms with Crippen molar-refractivity contribution in [3.63, 3.8) is 0 Å². The van der Waals surface area contributed by atoms with Gasteiger partial charge in [-0.2, -0.15) is 0 Å². The van der Waals surface area contributed by atoms with E-state index in [4.69, 9.17) is 11.6 Å². The third-order valence-corrected chi connectivity index (χ3v) is 5.14. The van der Waals surface area contributed by atoms with Gasteiger partial charge in [0.15, 0.2) is 0 Å². The van der Waals surface area contributed by atoms with E-state index in [2.05, 4.69) is 5.32 Å². The van der Waals surface area contributed by atoms with Gasteiger partial charge in [0.05, 0.1) is 22.9 Å². The molecule has 23 heavy (non-hydrogen) atoms. The Kier molecular flexibility index (Phi) is 4.15. The van der Waals surface area contributed by atoms with Gasteiger partial charge in [-0.1, -0.05) is 29.8 Å². The molecule has 4 nitrogen and oxygen atoms in total. The Balaban J connectivity index is 1.74. The second-order valence-electron chi connectivity index (χ2n) is 6.24. The molecule has 5 unspecified atom stereocenters. The number of halogens is 2. The smallest absolute Gasteiger partial charge is 0.307 e. The van der Waals surface area contributed by atoms with Crippen LogP contribution in [0.1, 0.15) is 24.9 Å². The summed E-state index contributed by atoms with van der Waals surface area (Å²) in [6.45, 7) is 1.76. The number of carboxylic acid groups (broad SMARTS) is 1. The lowest BCUT2D eigenvalue weighted by Gasteiger charge is -2.26. The molecule has 1 aromatic rings. The van der Waals surface area contributed by atoms with E-state index in [1.807, 2.05) is 12.2 Å². The van der Waals surface area contributed by atoms with Crippen molar-refractivity contribution in [3.8, 4) is 0 Å². The summed E-state index contributed by atoms with van der Waals surface area (Å²) in [5, 5.41) is 12.2. The molecule has 0 aliphatic heterocycles. The van der Waals surface area contributed by atoms with Crippen LogP contribution < -0.4 is 5.32 Å². The second kappa shape index (κ2) is 5.96. The van der Waals surface area contributed by atoms with E-state index in [1.54, 1.807) is 13.0 Å². The molecule has 6 heteroatoms. The summed E-state index contributed by atoms with van der Waals surface area (Å²) in [5.74, 6) is -3.04. The second-order valence-corrected chi connectivity index (χ2v) is 6.65. The standard InChI is InChI=1S/C17H17ClFNO3/c1-8(9-4-5-13(19)12(18)7-9)20-16(21)14-10-2-3-11(6-10)15(14)17(22)23/h2-5,7-8,10-11,14-15H,6H2,1H3,(H,20,21)(H,22,23). The van der Waals surface area contributed by atoms with Crippen molar-refractivity contribution in [1.82, 2.24) is 5.32 Å². The molecule has 5 atom stereocenters. The summed E-state index contributed by atoms with van der Waals surface area (Å²) in [6.07, 6.45) is 4.55. The van der Waals surface area contributed by atoms with Crippen molar-refractivity contribution in [2.75, 3.05) is 0 Å². The molecule has 1 fully saturated rings.